The van der Waals surface area contributed by atoms with E-state index in [1.165, 1.54) is 16.0 Å². The van der Waals surface area contributed by atoms with E-state index in [1.54, 1.807) is 11.1 Å². The zero-order chi connectivity index (χ0) is 17.3. The van der Waals surface area contributed by atoms with Crippen LogP contribution >= 0.6 is 11.3 Å². The van der Waals surface area contributed by atoms with Gasteiger partial charge in [-0.1, -0.05) is 11.3 Å². The highest BCUT2D eigenvalue weighted by molar-refractivity contribution is 7.10. The smallest absolute Gasteiger partial charge is 0.276 e. The minimum Gasteiger partial charge on any atom is -0.386 e. The largest absolute Gasteiger partial charge is 0.386 e. The molecule has 2 aromatic heterocycles. The van der Waals surface area contributed by atoms with Crippen molar-refractivity contribution in [3.63, 3.8) is 0 Å². The molecule has 134 valence electrons. The molecule has 0 aliphatic carbocycles. The third-order valence-corrected chi connectivity index (χ3v) is 5.59. The fourth-order valence-corrected chi connectivity index (χ4v) is 3.93. The Morgan fingerprint density at radius 1 is 1.36 bits per heavy atom. The average Bonchev–Trinajstić information content (AvgIpc) is 3.37. The number of aliphatic hydroxyl groups excluding tert-OH is 1. The molecule has 2 aliphatic rings. The Hall–Kier alpha value is -1.81. The van der Waals surface area contributed by atoms with Gasteiger partial charge in [-0.05, 0) is 11.4 Å². The van der Waals surface area contributed by atoms with E-state index < -0.39 is 11.9 Å². The van der Waals surface area contributed by atoms with Gasteiger partial charge in [0, 0.05) is 30.8 Å². The lowest BCUT2D eigenvalue weighted by Crippen LogP contribution is -2.47. The van der Waals surface area contributed by atoms with Gasteiger partial charge >= 0.3 is 0 Å². The molecule has 4 rings (SSSR count). The average molecular weight is 364 g/mol. The first-order chi connectivity index (χ1) is 12.2. The first-order valence-corrected chi connectivity index (χ1v) is 9.22. The van der Waals surface area contributed by atoms with E-state index >= 15 is 0 Å². The molecule has 0 bridgehead atoms. The van der Waals surface area contributed by atoms with Crippen LogP contribution in [-0.2, 0) is 16.0 Å². The quantitative estimate of drug-likeness (QED) is 0.872. The third-order valence-electron chi connectivity index (χ3n) is 4.62. The predicted molar refractivity (Wildman–Crippen MR) is 89.1 cm³/mol. The zero-order valence-corrected chi connectivity index (χ0v) is 14.5. The van der Waals surface area contributed by atoms with Crippen molar-refractivity contribution in [2.24, 2.45) is 0 Å². The molecule has 9 heteroatoms. The first-order valence-electron chi connectivity index (χ1n) is 8.34. The molecule has 0 radical (unpaired) electrons. The maximum atomic E-state index is 12.6. The summed E-state index contributed by atoms with van der Waals surface area (Å²) in [6, 6.07) is 3.76. The number of thiophene rings is 1. The number of nitrogens with zero attached hydrogens (tertiary/aromatic N) is 4. The van der Waals surface area contributed by atoms with Crippen LogP contribution in [0.2, 0.25) is 0 Å². The molecule has 1 unspecified atom stereocenters. The van der Waals surface area contributed by atoms with Crippen LogP contribution < -0.4 is 0 Å². The molecular weight excluding hydrogens is 344 g/mol. The number of aliphatic hydroxyl groups is 1. The van der Waals surface area contributed by atoms with Crippen LogP contribution in [0.25, 0.3) is 0 Å². The summed E-state index contributed by atoms with van der Waals surface area (Å²) in [4.78, 5) is 15.2. The van der Waals surface area contributed by atoms with Crippen LogP contribution in [0.5, 0.6) is 0 Å². The predicted octanol–water partition coefficient (Wildman–Crippen LogP) is 1.05. The summed E-state index contributed by atoms with van der Waals surface area (Å²) in [5, 5.41) is 20.0. The van der Waals surface area contributed by atoms with Gasteiger partial charge in [-0.25, -0.2) is 4.68 Å². The SMILES string of the molecule is O=C(c1cn(CC(O)c2cccs2)nn1)N1CCC2(CC1)OCCO2. The Kier molecular flexibility index (Phi) is 4.55. The second kappa shape index (κ2) is 6.83. The summed E-state index contributed by atoms with van der Waals surface area (Å²) in [7, 11) is 0. The maximum absolute atomic E-state index is 12.6. The Bertz CT molecular complexity index is 716. The van der Waals surface area contributed by atoms with Crippen molar-refractivity contribution in [1.29, 1.82) is 0 Å². The molecule has 1 atom stereocenters. The van der Waals surface area contributed by atoms with Crippen LogP contribution in [0.4, 0.5) is 0 Å². The van der Waals surface area contributed by atoms with Crippen molar-refractivity contribution in [3.8, 4) is 0 Å². The molecule has 0 saturated carbocycles. The number of likely N-dealkylation sites (tertiary alicyclic amines) is 1. The van der Waals surface area contributed by atoms with Gasteiger partial charge in [-0.3, -0.25) is 4.79 Å². The van der Waals surface area contributed by atoms with Crippen molar-refractivity contribution >= 4 is 17.2 Å². The number of aromatic nitrogens is 3. The van der Waals surface area contributed by atoms with E-state index in [2.05, 4.69) is 10.3 Å². The van der Waals surface area contributed by atoms with Gasteiger partial charge in [0.05, 0.1) is 26.0 Å². The van der Waals surface area contributed by atoms with E-state index in [-0.39, 0.29) is 12.5 Å². The molecule has 4 heterocycles. The summed E-state index contributed by atoms with van der Waals surface area (Å²) >= 11 is 1.48. The van der Waals surface area contributed by atoms with Crippen molar-refractivity contribution in [2.45, 2.75) is 31.3 Å². The number of piperidine rings is 1. The second-order valence-corrected chi connectivity index (χ2v) is 7.24. The van der Waals surface area contributed by atoms with Crippen molar-refractivity contribution in [1.82, 2.24) is 19.9 Å². The summed E-state index contributed by atoms with van der Waals surface area (Å²) in [5.41, 5.74) is 0.294. The Balaban J connectivity index is 1.36. The maximum Gasteiger partial charge on any atom is 0.276 e. The van der Waals surface area contributed by atoms with Crippen LogP contribution in [-0.4, -0.2) is 63.0 Å². The number of amides is 1. The Morgan fingerprint density at radius 2 is 2.12 bits per heavy atom. The summed E-state index contributed by atoms with van der Waals surface area (Å²) in [5.74, 6) is -0.649. The molecule has 2 aromatic rings. The van der Waals surface area contributed by atoms with Crippen LogP contribution in [0, 0.1) is 0 Å². The van der Waals surface area contributed by atoms with Gasteiger partial charge in [0.2, 0.25) is 0 Å². The summed E-state index contributed by atoms with van der Waals surface area (Å²) in [6.45, 7) is 2.66. The van der Waals surface area contributed by atoms with Gasteiger partial charge in [0.1, 0.15) is 6.10 Å². The molecule has 0 aromatic carbocycles. The number of hydrogen-bond acceptors (Lipinski definition) is 7. The van der Waals surface area contributed by atoms with Gasteiger partial charge in [-0.2, -0.15) is 0 Å². The van der Waals surface area contributed by atoms with Crippen LogP contribution in [0.1, 0.15) is 34.3 Å². The van der Waals surface area contributed by atoms with E-state index in [9.17, 15) is 9.90 Å². The van der Waals surface area contributed by atoms with Gasteiger partial charge in [-0.15, -0.1) is 16.4 Å². The van der Waals surface area contributed by atoms with E-state index in [1.807, 2.05) is 17.5 Å². The molecule has 1 N–H and O–H groups in total. The molecule has 8 nitrogen and oxygen atoms in total. The van der Waals surface area contributed by atoms with Crippen LogP contribution in [0.3, 0.4) is 0 Å². The van der Waals surface area contributed by atoms with E-state index in [0.717, 1.165) is 4.88 Å². The van der Waals surface area contributed by atoms with E-state index in [0.29, 0.717) is 44.8 Å². The molecule has 1 spiro atoms. The fourth-order valence-electron chi connectivity index (χ4n) is 3.23. The fraction of sp³-hybridized carbons (Fsp3) is 0.562. The number of carbonyl (C=O) groups is 1. The second-order valence-electron chi connectivity index (χ2n) is 6.26. The topological polar surface area (TPSA) is 89.7 Å². The number of ether oxygens (including phenoxy) is 2. The monoisotopic (exact) mass is 364 g/mol. The highest BCUT2D eigenvalue weighted by atomic mass is 32.1. The molecule has 2 saturated heterocycles. The molecular formula is C16H20N4O4S. The Morgan fingerprint density at radius 3 is 2.80 bits per heavy atom. The van der Waals surface area contributed by atoms with Crippen molar-refractivity contribution < 1.29 is 19.4 Å². The van der Waals surface area contributed by atoms with Gasteiger partial charge in [0.15, 0.2) is 11.5 Å². The lowest BCUT2D eigenvalue weighted by atomic mass is 10.0. The lowest BCUT2D eigenvalue weighted by molar-refractivity contribution is -0.181. The highest BCUT2D eigenvalue weighted by Gasteiger charge is 2.41. The van der Waals surface area contributed by atoms with Crippen molar-refractivity contribution in [3.05, 3.63) is 34.3 Å². The molecule has 2 fully saturated rings. The van der Waals surface area contributed by atoms with Gasteiger partial charge < -0.3 is 19.5 Å². The standard InChI is InChI=1S/C16H20N4O4S/c21-13(14-2-1-9-25-14)11-20-10-12(17-18-20)15(22)19-5-3-16(4-6-19)23-7-8-24-16/h1-2,9-10,13,21H,3-8,11H2. The third kappa shape index (κ3) is 3.45. The molecule has 2 aliphatic heterocycles. The van der Waals surface area contributed by atoms with Crippen molar-refractivity contribution in [2.75, 3.05) is 26.3 Å². The molecule has 25 heavy (non-hydrogen) atoms. The van der Waals surface area contributed by atoms with E-state index in [4.69, 9.17) is 9.47 Å². The Labute approximate surface area is 149 Å². The normalized spacial score (nSPS) is 20.9. The van der Waals surface area contributed by atoms with Crippen LogP contribution in [0.15, 0.2) is 23.7 Å². The summed E-state index contributed by atoms with van der Waals surface area (Å²) < 4.78 is 12.9. The molecule has 1 amide bonds. The zero-order valence-electron chi connectivity index (χ0n) is 13.7. The summed E-state index contributed by atoms with van der Waals surface area (Å²) in [6.07, 6.45) is 2.27. The minimum atomic E-state index is -0.656. The first kappa shape index (κ1) is 16.6. The minimum absolute atomic E-state index is 0.148. The number of hydrogen-bond donors (Lipinski definition) is 1. The number of carbonyl (C=O) groups excluding carboxylic acids is 1. The van der Waals surface area contributed by atoms with Gasteiger partial charge in [0.25, 0.3) is 5.91 Å². The lowest BCUT2D eigenvalue weighted by Gasteiger charge is -2.37. The highest BCUT2D eigenvalue weighted by Crippen LogP contribution is 2.31. The number of rotatable bonds is 4.